The van der Waals surface area contributed by atoms with Crippen molar-refractivity contribution in [2.24, 2.45) is 5.92 Å². The predicted molar refractivity (Wildman–Crippen MR) is 72.4 cm³/mol. The van der Waals surface area contributed by atoms with Gasteiger partial charge in [-0.05, 0) is 37.9 Å². The highest BCUT2D eigenvalue weighted by Gasteiger charge is 2.34. The Balaban J connectivity index is 1.65. The molecule has 0 spiro atoms. The Bertz CT molecular complexity index is 395. The smallest absolute Gasteiger partial charge is 0.243 e. The zero-order valence-electron chi connectivity index (χ0n) is 10.9. The van der Waals surface area contributed by atoms with Crippen LogP contribution in [0.3, 0.4) is 0 Å². The summed E-state index contributed by atoms with van der Waals surface area (Å²) < 4.78 is 5.40. The van der Waals surface area contributed by atoms with Gasteiger partial charge in [-0.15, -0.1) is 0 Å². The highest BCUT2D eigenvalue weighted by atomic mass is 32.2. The fourth-order valence-corrected chi connectivity index (χ4v) is 3.66. The molecule has 4 nitrogen and oxygen atoms in total. The molecule has 1 N–H and O–H groups in total. The number of piperidine rings is 1. The average molecular weight is 267 g/mol. The van der Waals surface area contributed by atoms with E-state index in [2.05, 4.69) is 21.7 Å². The molecule has 0 aromatic carbocycles. The van der Waals surface area contributed by atoms with Crippen LogP contribution >= 0.6 is 11.8 Å². The van der Waals surface area contributed by atoms with Gasteiger partial charge in [0, 0.05) is 6.04 Å². The summed E-state index contributed by atoms with van der Waals surface area (Å²) >= 11 is 1.73. The summed E-state index contributed by atoms with van der Waals surface area (Å²) in [6.45, 7) is 0. The summed E-state index contributed by atoms with van der Waals surface area (Å²) in [6, 6.07) is 0.959. The van der Waals surface area contributed by atoms with Crippen LogP contribution in [0.5, 0.6) is 0 Å². The fourth-order valence-electron chi connectivity index (χ4n) is 3.29. The minimum Gasteiger partial charge on any atom is -0.338 e. The van der Waals surface area contributed by atoms with Crippen molar-refractivity contribution in [1.82, 2.24) is 15.5 Å². The van der Waals surface area contributed by atoms with Crippen LogP contribution in [0, 0.1) is 5.92 Å². The van der Waals surface area contributed by atoms with E-state index >= 15 is 0 Å². The molecule has 100 valence electrons. The van der Waals surface area contributed by atoms with Crippen molar-refractivity contribution in [1.29, 1.82) is 0 Å². The molecule has 1 aliphatic heterocycles. The molecule has 1 aromatic rings. The molecule has 18 heavy (non-hydrogen) atoms. The van der Waals surface area contributed by atoms with E-state index < -0.39 is 0 Å². The highest BCUT2D eigenvalue weighted by Crippen LogP contribution is 2.36. The minimum atomic E-state index is 0.285. The van der Waals surface area contributed by atoms with Gasteiger partial charge >= 0.3 is 0 Å². The molecular formula is C13H21N3OS. The molecule has 3 unspecified atom stereocenters. The van der Waals surface area contributed by atoms with E-state index in [0.29, 0.717) is 6.04 Å². The Morgan fingerprint density at radius 2 is 2.17 bits per heavy atom. The number of fused-ring (bicyclic) bond motifs is 1. The van der Waals surface area contributed by atoms with Gasteiger partial charge in [-0.25, -0.2) is 0 Å². The molecule has 1 aliphatic carbocycles. The molecule has 1 saturated carbocycles. The number of hydrogen-bond donors (Lipinski definition) is 1. The molecule has 1 saturated heterocycles. The second-order valence-electron chi connectivity index (χ2n) is 5.43. The maximum atomic E-state index is 5.40. The molecule has 5 heteroatoms. The van der Waals surface area contributed by atoms with Gasteiger partial charge in [0.25, 0.3) is 0 Å². The van der Waals surface area contributed by atoms with Crippen molar-refractivity contribution in [3.63, 3.8) is 0 Å². The molecule has 2 fully saturated rings. The summed E-state index contributed by atoms with van der Waals surface area (Å²) in [7, 11) is 0. The summed E-state index contributed by atoms with van der Waals surface area (Å²) in [5.41, 5.74) is 0. The van der Waals surface area contributed by atoms with Gasteiger partial charge in [0.1, 0.15) is 0 Å². The second kappa shape index (κ2) is 5.61. The van der Waals surface area contributed by atoms with Crippen molar-refractivity contribution in [3.8, 4) is 0 Å². The standard InChI is InChI=1S/C13H21N3OS/c1-18-8-12-15-13(17-16-12)11-7-6-9-4-2-3-5-10(9)14-11/h9-11,14H,2-8H2,1H3. The first-order valence-corrected chi connectivity index (χ1v) is 8.33. The molecule has 2 heterocycles. The van der Waals surface area contributed by atoms with Crippen LogP contribution in [-0.4, -0.2) is 22.4 Å². The highest BCUT2D eigenvalue weighted by molar-refractivity contribution is 7.97. The van der Waals surface area contributed by atoms with Gasteiger partial charge in [0.05, 0.1) is 11.8 Å². The third kappa shape index (κ3) is 2.57. The first-order chi connectivity index (χ1) is 8.86. The van der Waals surface area contributed by atoms with Crippen LogP contribution < -0.4 is 5.32 Å². The third-order valence-electron chi connectivity index (χ3n) is 4.21. The lowest BCUT2D eigenvalue weighted by Crippen LogP contribution is -2.44. The first-order valence-electron chi connectivity index (χ1n) is 6.94. The Kier molecular flexibility index (Phi) is 3.89. The zero-order chi connectivity index (χ0) is 12.4. The summed E-state index contributed by atoms with van der Waals surface area (Å²) in [4.78, 5) is 4.50. The Morgan fingerprint density at radius 1 is 1.28 bits per heavy atom. The van der Waals surface area contributed by atoms with Gasteiger partial charge < -0.3 is 9.84 Å². The van der Waals surface area contributed by atoms with Gasteiger partial charge in [-0.3, -0.25) is 0 Å². The van der Waals surface area contributed by atoms with E-state index in [1.807, 2.05) is 0 Å². The number of thioether (sulfide) groups is 1. The molecule has 3 atom stereocenters. The minimum absolute atomic E-state index is 0.285. The molecule has 1 aromatic heterocycles. The van der Waals surface area contributed by atoms with Crippen molar-refractivity contribution >= 4 is 11.8 Å². The van der Waals surface area contributed by atoms with Crippen LogP contribution in [0.4, 0.5) is 0 Å². The molecule has 0 amide bonds. The lowest BCUT2D eigenvalue weighted by molar-refractivity contribution is 0.158. The van der Waals surface area contributed by atoms with Crippen LogP contribution in [0.1, 0.15) is 56.3 Å². The van der Waals surface area contributed by atoms with Gasteiger partial charge in [-0.1, -0.05) is 18.0 Å². The SMILES string of the molecule is CSCc1noc(C2CCC3CCCCC3N2)n1. The Labute approximate surface area is 112 Å². The van der Waals surface area contributed by atoms with E-state index in [1.54, 1.807) is 11.8 Å². The van der Waals surface area contributed by atoms with E-state index in [0.717, 1.165) is 29.8 Å². The zero-order valence-corrected chi connectivity index (χ0v) is 11.7. The number of hydrogen-bond acceptors (Lipinski definition) is 5. The topological polar surface area (TPSA) is 51.0 Å². The number of rotatable bonds is 3. The first kappa shape index (κ1) is 12.5. The number of aromatic nitrogens is 2. The summed E-state index contributed by atoms with van der Waals surface area (Å²) in [6.07, 6.45) is 9.99. The van der Waals surface area contributed by atoms with E-state index in [4.69, 9.17) is 4.52 Å². The van der Waals surface area contributed by atoms with Crippen molar-refractivity contribution < 1.29 is 4.52 Å². The number of nitrogens with one attached hydrogen (secondary N) is 1. The van der Waals surface area contributed by atoms with E-state index in [9.17, 15) is 0 Å². The predicted octanol–water partition coefficient (Wildman–Crippen LogP) is 2.92. The monoisotopic (exact) mass is 267 g/mol. The van der Waals surface area contributed by atoms with Crippen molar-refractivity contribution in [3.05, 3.63) is 11.7 Å². The molecule has 3 rings (SSSR count). The average Bonchev–Trinajstić information content (AvgIpc) is 2.87. The van der Waals surface area contributed by atoms with E-state index in [-0.39, 0.29) is 6.04 Å². The maximum absolute atomic E-state index is 5.40. The van der Waals surface area contributed by atoms with Crippen LogP contribution in [0.15, 0.2) is 4.52 Å². The van der Waals surface area contributed by atoms with Gasteiger partial charge in [-0.2, -0.15) is 16.7 Å². The Hall–Kier alpha value is -0.550. The summed E-state index contributed by atoms with van der Waals surface area (Å²) in [5.74, 6) is 3.33. The van der Waals surface area contributed by atoms with Gasteiger partial charge in [0.2, 0.25) is 5.89 Å². The number of nitrogens with zero attached hydrogens (tertiary/aromatic N) is 2. The molecular weight excluding hydrogens is 246 g/mol. The second-order valence-corrected chi connectivity index (χ2v) is 6.30. The summed E-state index contributed by atoms with van der Waals surface area (Å²) in [5, 5.41) is 7.76. The fraction of sp³-hybridized carbons (Fsp3) is 0.846. The van der Waals surface area contributed by atoms with E-state index in [1.165, 1.54) is 32.1 Å². The molecule has 2 aliphatic rings. The molecule has 0 radical (unpaired) electrons. The van der Waals surface area contributed by atoms with Crippen LogP contribution in [0.25, 0.3) is 0 Å². The lowest BCUT2D eigenvalue weighted by Gasteiger charge is -2.39. The third-order valence-corrected chi connectivity index (χ3v) is 4.75. The van der Waals surface area contributed by atoms with Crippen LogP contribution in [-0.2, 0) is 5.75 Å². The Morgan fingerprint density at radius 3 is 3.06 bits per heavy atom. The molecule has 0 bridgehead atoms. The maximum Gasteiger partial charge on any atom is 0.243 e. The van der Waals surface area contributed by atoms with Crippen molar-refractivity contribution in [2.45, 2.75) is 56.4 Å². The van der Waals surface area contributed by atoms with Crippen molar-refractivity contribution in [2.75, 3.05) is 6.26 Å². The lowest BCUT2D eigenvalue weighted by atomic mass is 9.78. The quantitative estimate of drug-likeness (QED) is 0.912. The van der Waals surface area contributed by atoms with Crippen LogP contribution in [0.2, 0.25) is 0 Å². The normalized spacial score (nSPS) is 32.2. The largest absolute Gasteiger partial charge is 0.338 e. The van der Waals surface area contributed by atoms with Gasteiger partial charge in [0.15, 0.2) is 5.82 Å².